The normalized spacial score (nSPS) is 11.0. The lowest BCUT2D eigenvalue weighted by Gasteiger charge is -2.22. The molecule has 2 rings (SSSR count). The van der Waals surface area contributed by atoms with Crippen molar-refractivity contribution >= 4 is 11.5 Å². The van der Waals surface area contributed by atoms with Crippen LogP contribution in [0.15, 0.2) is 18.3 Å². The van der Waals surface area contributed by atoms with E-state index < -0.39 is 0 Å². The van der Waals surface area contributed by atoms with E-state index in [2.05, 4.69) is 34.9 Å². The third kappa shape index (κ3) is 2.40. The molecule has 92 valence electrons. The second kappa shape index (κ2) is 5.17. The first-order valence-electron chi connectivity index (χ1n) is 6.32. The number of rotatable bonds is 5. The molecule has 0 N–H and O–H groups in total. The van der Waals surface area contributed by atoms with E-state index in [1.54, 1.807) is 0 Å². The molecule has 0 bridgehead atoms. The van der Waals surface area contributed by atoms with E-state index in [-0.39, 0.29) is 0 Å². The van der Waals surface area contributed by atoms with Crippen LogP contribution in [0.25, 0.3) is 5.65 Å². The molecule has 0 amide bonds. The number of hydrogen-bond acceptors (Lipinski definition) is 3. The fourth-order valence-electron chi connectivity index (χ4n) is 2.03. The third-order valence-electron chi connectivity index (χ3n) is 2.83. The molecule has 2 aromatic rings. The van der Waals surface area contributed by atoms with Gasteiger partial charge in [0.25, 0.3) is 0 Å². The van der Waals surface area contributed by atoms with Crippen LogP contribution in [0.4, 0.5) is 5.82 Å². The Bertz CT molecular complexity index is 483. The number of hydrogen-bond donors (Lipinski definition) is 0. The number of nitrogens with zero attached hydrogens (tertiary/aromatic N) is 4. The summed E-state index contributed by atoms with van der Waals surface area (Å²) < 4.78 is 1.91. The highest BCUT2D eigenvalue weighted by atomic mass is 15.3. The van der Waals surface area contributed by atoms with Gasteiger partial charge in [0.1, 0.15) is 5.82 Å². The van der Waals surface area contributed by atoms with Crippen LogP contribution in [0.3, 0.4) is 0 Å². The maximum absolute atomic E-state index is 4.65. The monoisotopic (exact) mass is 232 g/mol. The fourth-order valence-corrected chi connectivity index (χ4v) is 2.03. The lowest BCUT2D eigenvalue weighted by Crippen LogP contribution is -2.26. The highest BCUT2D eigenvalue weighted by Gasteiger charge is 2.08. The van der Waals surface area contributed by atoms with Gasteiger partial charge >= 0.3 is 0 Å². The molecule has 0 saturated heterocycles. The van der Waals surface area contributed by atoms with Gasteiger partial charge in [-0.1, -0.05) is 13.8 Å². The number of anilines is 1. The Labute approximate surface area is 102 Å². The van der Waals surface area contributed by atoms with E-state index in [1.807, 2.05) is 23.7 Å². The largest absolute Gasteiger partial charge is 0.355 e. The molecule has 0 unspecified atom stereocenters. The first kappa shape index (κ1) is 11.9. The number of fused-ring (bicyclic) bond motifs is 1. The summed E-state index contributed by atoms with van der Waals surface area (Å²) in [5, 5.41) is 4.65. The number of aryl methyl sites for hydroxylation is 1. The van der Waals surface area contributed by atoms with Crippen LogP contribution >= 0.6 is 0 Å². The zero-order valence-corrected chi connectivity index (χ0v) is 10.8. The van der Waals surface area contributed by atoms with Crippen molar-refractivity contribution in [1.82, 2.24) is 14.6 Å². The van der Waals surface area contributed by atoms with Gasteiger partial charge in [-0.15, -0.1) is 5.10 Å². The Hall–Kier alpha value is -1.58. The van der Waals surface area contributed by atoms with Gasteiger partial charge in [0.15, 0.2) is 5.65 Å². The minimum Gasteiger partial charge on any atom is -0.355 e. The summed E-state index contributed by atoms with van der Waals surface area (Å²) >= 11 is 0. The van der Waals surface area contributed by atoms with Crippen molar-refractivity contribution in [1.29, 1.82) is 0 Å². The summed E-state index contributed by atoms with van der Waals surface area (Å²) in [6.07, 6.45) is 4.14. The molecule has 2 heterocycles. The quantitative estimate of drug-likeness (QED) is 0.794. The fraction of sp³-hybridized carbons (Fsp3) is 0.538. The molecule has 0 radical (unpaired) electrons. The second-order valence-electron chi connectivity index (χ2n) is 4.35. The van der Waals surface area contributed by atoms with E-state index in [0.29, 0.717) is 0 Å². The molecule has 0 saturated carbocycles. The predicted molar refractivity (Wildman–Crippen MR) is 70.5 cm³/mol. The summed E-state index contributed by atoms with van der Waals surface area (Å²) in [6, 6.07) is 4.10. The zero-order valence-electron chi connectivity index (χ0n) is 10.8. The molecule has 0 spiro atoms. The van der Waals surface area contributed by atoms with Crippen LogP contribution in [0.1, 0.15) is 32.4 Å². The zero-order chi connectivity index (χ0) is 12.3. The molecule has 2 aromatic heterocycles. The highest BCUT2D eigenvalue weighted by molar-refractivity contribution is 5.46. The molecule has 4 nitrogen and oxygen atoms in total. The van der Waals surface area contributed by atoms with Crippen LogP contribution < -0.4 is 4.90 Å². The Morgan fingerprint density at radius 2 is 1.88 bits per heavy atom. The molecule has 4 heteroatoms. The van der Waals surface area contributed by atoms with Crippen molar-refractivity contribution < 1.29 is 0 Å². The van der Waals surface area contributed by atoms with Crippen LogP contribution in [-0.2, 0) is 0 Å². The van der Waals surface area contributed by atoms with Crippen molar-refractivity contribution in [2.24, 2.45) is 0 Å². The van der Waals surface area contributed by atoms with E-state index in [9.17, 15) is 0 Å². The first-order valence-corrected chi connectivity index (χ1v) is 6.32. The van der Waals surface area contributed by atoms with Gasteiger partial charge in [0.05, 0.1) is 11.9 Å². The minimum atomic E-state index is 0.916. The summed E-state index contributed by atoms with van der Waals surface area (Å²) in [7, 11) is 0. The third-order valence-corrected chi connectivity index (χ3v) is 2.83. The molecule has 0 aliphatic heterocycles. The summed E-state index contributed by atoms with van der Waals surface area (Å²) in [5.41, 5.74) is 1.99. The summed E-state index contributed by atoms with van der Waals surface area (Å²) in [4.78, 5) is 6.62. The average Bonchev–Trinajstić information content (AvgIpc) is 2.71. The first-order chi connectivity index (χ1) is 8.26. The van der Waals surface area contributed by atoms with Gasteiger partial charge < -0.3 is 4.90 Å². The molecular weight excluding hydrogens is 212 g/mol. The van der Waals surface area contributed by atoms with Crippen molar-refractivity contribution in [3.63, 3.8) is 0 Å². The number of aromatic nitrogens is 3. The Morgan fingerprint density at radius 3 is 2.53 bits per heavy atom. The Balaban J connectivity index is 2.35. The predicted octanol–water partition coefficient (Wildman–Crippen LogP) is 2.66. The van der Waals surface area contributed by atoms with Gasteiger partial charge in [0.2, 0.25) is 0 Å². The lowest BCUT2D eigenvalue weighted by atomic mass is 10.3. The van der Waals surface area contributed by atoms with Crippen LogP contribution in [0.5, 0.6) is 0 Å². The average molecular weight is 232 g/mol. The van der Waals surface area contributed by atoms with Crippen LogP contribution in [0.2, 0.25) is 0 Å². The molecule has 0 aliphatic carbocycles. The van der Waals surface area contributed by atoms with Crippen LogP contribution in [-0.4, -0.2) is 27.7 Å². The van der Waals surface area contributed by atoms with E-state index >= 15 is 0 Å². The molecule has 17 heavy (non-hydrogen) atoms. The molecule has 0 aliphatic rings. The summed E-state index contributed by atoms with van der Waals surface area (Å²) in [5.74, 6) is 1.04. The molecule has 0 fully saturated rings. The number of imidazole rings is 1. The van der Waals surface area contributed by atoms with Crippen LogP contribution in [0, 0.1) is 6.92 Å². The van der Waals surface area contributed by atoms with Crippen molar-refractivity contribution in [2.75, 3.05) is 18.0 Å². The van der Waals surface area contributed by atoms with Gasteiger partial charge in [-0.3, -0.25) is 0 Å². The smallest absolute Gasteiger partial charge is 0.153 e. The molecule has 0 atom stereocenters. The van der Waals surface area contributed by atoms with Crippen molar-refractivity contribution in [2.45, 2.75) is 33.6 Å². The SMILES string of the molecule is CCCN(CCC)c1ccc2ncc(C)n2n1. The Morgan fingerprint density at radius 1 is 1.18 bits per heavy atom. The van der Waals surface area contributed by atoms with Crippen molar-refractivity contribution in [3.8, 4) is 0 Å². The maximum atomic E-state index is 4.65. The topological polar surface area (TPSA) is 33.4 Å². The molecular formula is C13H20N4. The lowest BCUT2D eigenvalue weighted by molar-refractivity contribution is 0.718. The van der Waals surface area contributed by atoms with Gasteiger partial charge in [-0.2, -0.15) is 0 Å². The summed E-state index contributed by atoms with van der Waals surface area (Å²) in [6.45, 7) is 8.54. The standard InChI is InChI=1S/C13H20N4/c1-4-8-16(9-5-2)13-7-6-12-14-10-11(3)17(12)15-13/h6-7,10H,4-5,8-9H2,1-3H3. The second-order valence-corrected chi connectivity index (χ2v) is 4.35. The highest BCUT2D eigenvalue weighted by Crippen LogP contribution is 2.13. The Kier molecular flexibility index (Phi) is 3.61. The minimum absolute atomic E-state index is 0.916. The van der Waals surface area contributed by atoms with Gasteiger partial charge in [-0.25, -0.2) is 9.50 Å². The van der Waals surface area contributed by atoms with Crippen molar-refractivity contribution in [3.05, 3.63) is 24.0 Å². The van der Waals surface area contributed by atoms with Gasteiger partial charge in [-0.05, 0) is 31.9 Å². The van der Waals surface area contributed by atoms with E-state index in [0.717, 1.165) is 43.1 Å². The van der Waals surface area contributed by atoms with E-state index in [4.69, 9.17) is 0 Å². The maximum Gasteiger partial charge on any atom is 0.153 e. The van der Waals surface area contributed by atoms with E-state index in [1.165, 1.54) is 0 Å². The van der Waals surface area contributed by atoms with Gasteiger partial charge in [0, 0.05) is 13.1 Å². The molecule has 0 aromatic carbocycles.